The molecular formula is C62H38N2. The third-order valence-corrected chi connectivity index (χ3v) is 13.8. The van der Waals surface area contributed by atoms with Crippen LogP contribution in [0.3, 0.4) is 0 Å². The molecule has 2 nitrogen and oxygen atoms in total. The molecule has 14 rings (SSSR count). The molecule has 0 unspecified atom stereocenters. The van der Waals surface area contributed by atoms with Crippen molar-refractivity contribution in [3.8, 4) is 67.0 Å². The van der Waals surface area contributed by atoms with E-state index in [1.54, 1.807) is 0 Å². The maximum absolute atomic E-state index is 2.42. The van der Waals surface area contributed by atoms with E-state index < -0.39 is 0 Å². The molecule has 1 aliphatic carbocycles. The maximum Gasteiger partial charge on any atom is 0.0547 e. The van der Waals surface area contributed by atoms with E-state index in [9.17, 15) is 0 Å². The van der Waals surface area contributed by atoms with E-state index in [2.05, 4.69) is 240 Å². The molecule has 2 heterocycles. The van der Waals surface area contributed by atoms with E-state index in [4.69, 9.17) is 0 Å². The van der Waals surface area contributed by atoms with Gasteiger partial charge < -0.3 is 9.13 Å². The lowest BCUT2D eigenvalue weighted by Crippen LogP contribution is -1.94. The molecule has 296 valence electrons. The van der Waals surface area contributed by atoms with Crippen molar-refractivity contribution in [2.24, 2.45) is 0 Å². The Morgan fingerprint density at radius 1 is 0.219 bits per heavy atom. The first kappa shape index (κ1) is 35.2. The minimum atomic E-state index is 1.16. The summed E-state index contributed by atoms with van der Waals surface area (Å²) in [6.45, 7) is 0. The summed E-state index contributed by atoms with van der Waals surface area (Å²) in [4.78, 5) is 0. The number of hydrogen-bond acceptors (Lipinski definition) is 0. The molecule has 0 radical (unpaired) electrons. The molecule has 0 fully saturated rings. The fraction of sp³-hybridized carbons (Fsp3) is 0. The first-order valence-electron chi connectivity index (χ1n) is 22.2. The summed E-state index contributed by atoms with van der Waals surface area (Å²) in [5.41, 5.74) is 19.5. The van der Waals surface area contributed by atoms with Crippen LogP contribution in [0.1, 0.15) is 0 Å². The molecule has 0 saturated carbocycles. The molecule has 0 saturated heterocycles. The SMILES string of the molecule is c1ccc(-n2c3ccccc3c3ccc(-c4cc(-c5ccc6c7ccccc7n(-c7ccccc7)c6c5)cc(-c5ccc6c7c(cccc57)-c5cc7ccccc7cc5-6)c4)cc32)cc1. The quantitative estimate of drug-likeness (QED) is 0.164. The summed E-state index contributed by atoms with van der Waals surface area (Å²) in [6, 6.07) is 85.5. The Bertz CT molecular complexity index is 3830. The van der Waals surface area contributed by atoms with Crippen LogP contribution in [0, 0.1) is 0 Å². The van der Waals surface area contributed by atoms with E-state index in [-0.39, 0.29) is 0 Å². The fourth-order valence-corrected chi connectivity index (χ4v) is 10.9. The molecule has 64 heavy (non-hydrogen) atoms. The van der Waals surface area contributed by atoms with Gasteiger partial charge >= 0.3 is 0 Å². The van der Waals surface area contributed by atoms with Crippen LogP contribution in [0.5, 0.6) is 0 Å². The van der Waals surface area contributed by atoms with Gasteiger partial charge in [0.1, 0.15) is 0 Å². The van der Waals surface area contributed by atoms with Crippen molar-refractivity contribution >= 4 is 65.2 Å². The molecule has 0 N–H and O–H groups in total. The van der Waals surface area contributed by atoms with E-state index in [1.807, 2.05) is 0 Å². The first-order valence-corrected chi connectivity index (χ1v) is 22.2. The van der Waals surface area contributed by atoms with Crippen LogP contribution in [-0.2, 0) is 0 Å². The Hall–Kier alpha value is -8.46. The van der Waals surface area contributed by atoms with E-state index >= 15 is 0 Å². The minimum Gasteiger partial charge on any atom is -0.309 e. The van der Waals surface area contributed by atoms with Gasteiger partial charge in [0.2, 0.25) is 0 Å². The number of rotatable bonds is 5. The average molecular weight is 811 g/mol. The van der Waals surface area contributed by atoms with Gasteiger partial charge in [0.25, 0.3) is 0 Å². The summed E-state index contributed by atoms with van der Waals surface area (Å²) in [5.74, 6) is 0. The third-order valence-electron chi connectivity index (χ3n) is 13.8. The molecular weight excluding hydrogens is 773 g/mol. The van der Waals surface area contributed by atoms with Gasteiger partial charge in [0, 0.05) is 32.9 Å². The number of para-hydroxylation sites is 4. The van der Waals surface area contributed by atoms with E-state index in [0.29, 0.717) is 0 Å². The highest BCUT2D eigenvalue weighted by Crippen LogP contribution is 2.51. The lowest BCUT2D eigenvalue weighted by molar-refractivity contribution is 1.18. The van der Waals surface area contributed by atoms with Gasteiger partial charge in [0.05, 0.1) is 22.1 Å². The first-order chi connectivity index (χ1) is 31.7. The smallest absolute Gasteiger partial charge is 0.0547 e. The van der Waals surface area contributed by atoms with Crippen LogP contribution >= 0.6 is 0 Å². The van der Waals surface area contributed by atoms with Gasteiger partial charge in [-0.3, -0.25) is 0 Å². The number of nitrogens with zero attached hydrogens (tertiary/aromatic N) is 2. The fourth-order valence-electron chi connectivity index (χ4n) is 10.9. The van der Waals surface area contributed by atoms with E-state index in [0.717, 1.165) is 11.4 Å². The van der Waals surface area contributed by atoms with Crippen molar-refractivity contribution in [3.05, 3.63) is 231 Å². The zero-order chi connectivity index (χ0) is 41.9. The standard InChI is InChI=1S/C62H38N2/c1-3-16-46(17-4-1)63-58-24-11-9-20-49(58)51-28-26-41(37-60(51)63)43-32-44(42-27-29-52-50-21-10-12-25-59(50)64(61(52)38-42)47-18-5-2-6-19-47)34-45(33-43)48-30-31-55-57-36-40-15-8-7-14-39(40)35-56(57)54-23-13-22-53(48)62(54)55/h1-38H. The topological polar surface area (TPSA) is 9.86 Å². The zero-order valence-corrected chi connectivity index (χ0v) is 34.8. The average Bonchev–Trinajstić information content (AvgIpc) is 3.99. The number of benzene rings is 11. The normalized spacial score (nSPS) is 12.1. The molecule has 13 aromatic rings. The molecule has 1 aliphatic rings. The summed E-state index contributed by atoms with van der Waals surface area (Å²) >= 11 is 0. The Morgan fingerprint density at radius 2 is 0.656 bits per heavy atom. The second kappa shape index (κ2) is 13.5. The predicted octanol–water partition coefficient (Wildman–Crippen LogP) is 16.8. The Labute approximate surface area is 370 Å². The van der Waals surface area contributed by atoms with Crippen molar-refractivity contribution in [1.82, 2.24) is 9.13 Å². The van der Waals surface area contributed by atoms with Gasteiger partial charge in [-0.1, -0.05) is 152 Å². The summed E-state index contributed by atoms with van der Waals surface area (Å²) in [6.07, 6.45) is 0. The summed E-state index contributed by atoms with van der Waals surface area (Å²) < 4.78 is 4.83. The largest absolute Gasteiger partial charge is 0.309 e. The van der Waals surface area contributed by atoms with E-state index in [1.165, 1.54) is 121 Å². The zero-order valence-electron chi connectivity index (χ0n) is 34.8. The second-order valence-electron chi connectivity index (χ2n) is 17.3. The van der Waals surface area contributed by atoms with Gasteiger partial charge in [-0.2, -0.15) is 0 Å². The summed E-state index contributed by atoms with van der Waals surface area (Å²) in [5, 5.41) is 10.2. The van der Waals surface area contributed by atoms with Crippen molar-refractivity contribution < 1.29 is 0 Å². The second-order valence-corrected chi connectivity index (χ2v) is 17.3. The molecule has 2 aromatic heterocycles. The Balaban J connectivity index is 1.02. The van der Waals surface area contributed by atoms with Crippen molar-refractivity contribution in [3.63, 3.8) is 0 Å². The highest BCUT2D eigenvalue weighted by Gasteiger charge is 2.24. The third kappa shape index (κ3) is 5.14. The number of hydrogen-bond donors (Lipinski definition) is 0. The van der Waals surface area contributed by atoms with Gasteiger partial charge in [-0.15, -0.1) is 0 Å². The van der Waals surface area contributed by atoms with Crippen LogP contribution in [0.25, 0.3) is 132 Å². The Morgan fingerprint density at radius 3 is 1.22 bits per heavy atom. The molecule has 0 aliphatic heterocycles. The lowest BCUT2D eigenvalue weighted by Gasteiger charge is -2.15. The van der Waals surface area contributed by atoms with Crippen LogP contribution in [-0.4, -0.2) is 9.13 Å². The van der Waals surface area contributed by atoms with Crippen molar-refractivity contribution in [1.29, 1.82) is 0 Å². The van der Waals surface area contributed by atoms with Crippen LogP contribution in [0.2, 0.25) is 0 Å². The maximum atomic E-state index is 2.42. The minimum absolute atomic E-state index is 1.16. The van der Waals surface area contributed by atoms with Crippen molar-refractivity contribution in [2.75, 3.05) is 0 Å². The molecule has 0 spiro atoms. The molecule has 2 heteroatoms. The molecule has 11 aromatic carbocycles. The van der Waals surface area contributed by atoms with Crippen LogP contribution in [0.4, 0.5) is 0 Å². The predicted molar refractivity (Wildman–Crippen MR) is 271 cm³/mol. The molecule has 0 amide bonds. The lowest BCUT2D eigenvalue weighted by atomic mass is 9.89. The number of fused-ring (bicyclic) bond motifs is 10. The van der Waals surface area contributed by atoms with Crippen molar-refractivity contribution in [2.45, 2.75) is 0 Å². The van der Waals surface area contributed by atoms with Gasteiger partial charge in [-0.05, 0) is 156 Å². The number of aromatic nitrogens is 2. The highest BCUT2D eigenvalue weighted by atomic mass is 15.0. The summed E-state index contributed by atoms with van der Waals surface area (Å²) in [7, 11) is 0. The monoisotopic (exact) mass is 810 g/mol. The van der Waals surface area contributed by atoms with Crippen LogP contribution < -0.4 is 0 Å². The van der Waals surface area contributed by atoms with Gasteiger partial charge in [0.15, 0.2) is 0 Å². The highest BCUT2D eigenvalue weighted by molar-refractivity contribution is 6.20. The molecule has 0 atom stereocenters. The molecule has 0 bridgehead atoms. The van der Waals surface area contributed by atoms with Gasteiger partial charge in [-0.25, -0.2) is 0 Å². The Kier molecular flexibility index (Phi) is 7.43. The van der Waals surface area contributed by atoms with Crippen LogP contribution in [0.15, 0.2) is 231 Å².